The first-order valence-corrected chi connectivity index (χ1v) is 4.21. The van der Waals surface area contributed by atoms with Gasteiger partial charge in [0.15, 0.2) is 0 Å². The normalized spacial score (nSPS) is 20.2. The molecule has 1 atom stereocenters. The Morgan fingerprint density at radius 3 is 2.92 bits per heavy atom. The summed E-state index contributed by atoms with van der Waals surface area (Å²) in [6.45, 7) is 2.23. The summed E-state index contributed by atoms with van der Waals surface area (Å²) in [5.41, 5.74) is 2.79. The van der Waals surface area contributed by atoms with Crippen molar-refractivity contribution < 1.29 is 0 Å². The standard InChI is InChI=1S/C10H13N.ClH/c1-8-6-7-9-4-2-3-5-10(9)11-8;/h2-5,8,11H,6-7H2,1H3;1H. The Labute approximate surface area is 79.6 Å². The molecule has 0 saturated heterocycles. The lowest BCUT2D eigenvalue weighted by atomic mass is 9.99. The van der Waals surface area contributed by atoms with Gasteiger partial charge in [0.25, 0.3) is 0 Å². The molecule has 1 nitrogen and oxygen atoms in total. The first kappa shape index (κ1) is 9.40. The summed E-state index contributed by atoms with van der Waals surface area (Å²) in [6, 6.07) is 9.20. The molecule has 0 aliphatic carbocycles. The van der Waals surface area contributed by atoms with Crippen molar-refractivity contribution in [1.29, 1.82) is 0 Å². The largest absolute Gasteiger partial charge is 0.382 e. The molecule has 0 aromatic heterocycles. The van der Waals surface area contributed by atoms with Crippen molar-refractivity contribution in [2.75, 3.05) is 5.32 Å². The van der Waals surface area contributed by atoms with Gasteiger partial charge in [-0.1, -0.05) is 18.2 Å². The van der Waals surface area contributed by atoms with Crippen LogP contribution in [0.3, 0.4) is 0 Å². The SMILES string of the molecule is CC1CCc2ccccc2N1.Cl. The number of hydrogen-bond donors (Lipinski definition) is 1. The van der Waals surface area contributed by atoms with E-state index in [1.807, 2.05) is 0 Å². The number of fused-ring (bicyclic) bond motifs is 1. The Hall–Kier alpha value is -0.690. The van der Waals surface area contributed by atoms with Gasteiger partial charge in [0.05, 0.1) is 0 Å². The molecule has 1 aliphatic heterocycles. The van der Waals surface area contributed by atoms with Crippen LogP contribution in [0.15, 0.2) is 24.3 Å². The van der Waals surface area contributed by atoms with Crippen LogP contribution in [0.5, 0.6) is 0 Å². The molecule has 0 radical (unpaired) electrons. The number of halogens is 1. The lowest BCUT2D eigenvalue weighted by Gasteiger charge is -2.23. The average molecular weight is 184 g/mol. The summed E-state index contributed by atoms with van der Waals surface area (Å²) in [5, 5.41) is 3.46. The summed E-state index contributed by atoms with van der Waals surface area (Å²) in [6.07, 6.45) is 2.49. The molecule has 1 aliphatic rings. The van der Waals surface area contributed by atoms with Crippen molar-refractivity contribution >= 4 is 18.1 Å². The number of rotatable bonds is 0. The van der Waals surface area contributed by atoms with E-state index in [9.17, 15) is 0 Å². The van der Waals surface area contributed by atoms with E-state index >= 15 is 0 Å². The molecule has 1 heterocycles. The Bertz CT molecular complexity index is 260. The molecule has 2 heteroatoms. The zero-order chi connectivity index (χ0) is 7.68. The van der Waals surface area contributed by atoms with E-state index in [1.54, 1.807) is 0 Å². The van der Waals surface area contributed by atoms with Gasteiger partial charge in [0.2, 0.25) is 0 Å². The topological polar surface area (TPSA) is 12.0 Å². The van der Waals surface area contributed by atoms with E-state index in [0.29, 0.717) is 6.04 Å². The minimum atomic E-state index is 0. The van der Waals surface area contributed by atoms with Crippen LogP contribution in [-0.4, -0.2) is 6.04 Å². The second kappa shape index (κ2) is 3.81. The maximum atomic E-state index is 3.46. The highest BCUT2D eigenvalue weighted by molar-refractivity contribution is 5.85. The van der Waals surface area contributed by atoms with Crippen LogP contribution < -0.4 is 5.32 Å². The van der Waals surface area contributed by atoms with Gasteiger partial charge in [-0.25, -0.2) is 0 Å². The Kier molecular flexibility index (Phi) is 2.99. The molecule has 1 unspecified atom stereocenters. The molecular weight excluding hydrogens is 170 g/mol. The molecule has 2 rings (SSSR count). The average Bonchev–Trinajstić information content (AvgIpc) is 2.04. The van der Waals surface area contributed by atoms with E-state index in [0.717, 1.165) is 0 Å². The molecule has 0 spiro atoms. The fourth-order valence-corrected chi connectivity index (χ4v) is 1.59. The predicted molar refractivity (Wildman–Crippen MR) is 55.1 cm³/mol. The number of hydrogen-bond acceptors (Lipinski definition) is 1. The second-order valence-electron chi connectivity index (χ2n) is 3.24. The minimum Gasteiger partial charge on any atom is -0.382 e. The van der Waals surface area contributed by atoms with Gasteiger partial charge in [-0.05, 0) is 31.4 Å². The zero-order valence-electron chi connectivity index (χ0n) is 7.21. The third-order valence-corrected chi connectivity index (χ3v) is 2.27. The quantitative estimate of drug-likeness (QED) is 0.652. The Morgan fingerprint density at radius 1 is 1.33 bits per heavy atom. The molecule has 0 amide bonds. The smallest absolute Gasteiger partial charge is 0.0374 e. The van der Waals surface area contributed by atoms with E-state index in [1.165, 1.54) is 24.1 Å². The van der Waals surface area contributed by atoms with Gasteiger partial charge >= 0.3 is 0 Å². The van der Waals surface area contributed by atoms with Gasteiger partial charge < -0.3 is 5.32 Å². The molecule has 1 aromatic rings. The van der Waals surface area contributed by atoms with Crippen molar-refractivity contribution in [3.05, 3.63) is 29.8 Å². The highest BCUT2D eigenvalue weighted by Gasteiger charge is 2.11. The highest BCUT2D eigenvalue weighted by Crippen LogP contribution is 2.23. The maximum Gasteiger partial charge on any atom is 0.0374 e. The van der Waals surface area contributed by atoms with Gasteiger partial charge in [-0.3, -0.25) is 0 Å². The van der Waals surface area contributed by atoms with E-state index in [4.69, 9.17) is 0 Å². The van der Waals surface area contributed by atoms with Crippen molar-refractivity contribution in [2.45, 2.75) is 25.8 Å². The van der Waals surface area contributed by atoms with Gasteiger partial charge in [-0.15, -0.1) is 12.4 Å². The summed E-state index contributed by atoms with van der Waals surface area (Å²) >= 11 is 0. The lowest BCUT2D eigenvalue weighted by molar-refractivity contribution is 0.681. The zero-order valence-corrected chi connectivity index (χ0v) is 8.03. The van der Waals surface area contributed by atoms with Crippen LogP contribution in [0.1, 0.15) is 18.9 Å². The van der Waals surface area contributed by atoms with Crippen LogP contribution in [0.25, 0.3) is 0 Å². The summed E-state index contributed by atoms with van der Waals surface area (Å²) in [4.78, 5) is 0. The lowest BCUT2D eigenvalue weighted by Crippen LogP contribution is -2.21. The van der Waals surface area contributed by atoms with Gasteiger partial charge in [-0.2, -0.15) is 0 Å². The number of aryl methyl sites for hydroxylation is 1. The fraction of sp³-hybridized carbons (Fsp3) is 0.400. The second-order valence-corrected chi connectivity index (χ2v) is 3.24. The van der Waals surface area contributed by atoms with Crippen molar-refractivity contribution in [1.82, 2.24) is 0 Å². The number of nitrogens with one attached hydrogen (secondary N) is 1. The van der Waals surface area contributed by atoms with Crippen molar-refractivity contribution in [3.63, 3.8) is 0 Å². The first-order chi connectivity index (χ1) is 5.36. The number of anilines is 1. The molecule has 0 saturated carbocycles. The van der Waals surface area contributed by atoms with E-state index in [-0.39, 0.29) is 12.4 Å². The Morgan fingerprint density at radius 2 is 2.08 bits per heavy atom. The summed E-state index contributed by atoms with van der Waals surface area (Å²) in [5.74, 6) is 0. The van der Waals surface area contributed by atoms with E-state index < -0.39 is 0 Å². The summed E-state index contributed by atoms with van der Waals surface area (Å²) in [7, 11) is 0. The first-order valence-electron chi connectivity index (χ1n) is 4.21. The van der Waals surface area contributed by atoms with Gasteiger partial charge in [0.1, 0.15) is 0 Å². The molecule has 1 aromatic carbocycles. The Balaban J connectivity index is 0.000000720. The highest BCUT2D eigenvalue weighted by atomic mass is 35.5. The fourth-order valence-electron chi connectivity index (χ4n) is 1.59. The third-order valence-electron chi connectivity index (χ3n) is 2.27. The molecule has 0 bridgehead atoms. The van der Waals surface area contributed by atoms with Crippen molar-refractivity contribution in [2.24, 2.45) is 0 Å². The van der Waals surface area contributed by atoms with Crippen LogP contribution in [0.2, 0.25) is 0 Å². The number of para-hydroxylation sites is 1. The molecule has 12 heavy (non-hydrogen) atoms. The van der Waals surface area contributed by atoms with Crippen molar-refractivity contribution in [3.8, 4) is 0 Å². The molecular formula is C10H14ClN. The van der Waals surface area contributed by atoms with Gasteiger partial charge in [0, 0.05) is 11.7 Å². The summed E-state index contributed by atoms with van der Waals surface area (Å²) < 4.78 is 0. The van der Waals surface area contributed by atoms with E-state index in [2.05, 4.69) is 36.5 Å². The maximum absolute atomic E-state index is 3.46. The minimum absolute atomic E-state index is 0. The van der Waals surface area contributed by atoms with Crippen LogP contribution in [0, 0.1) is 0 Å². The number of benzene rings is 1. The molecule has 1 N–H and O–H groups in total. The van der Waals surface area contributed by atoms with Crippen LogP contribution in [-0.2, 0) is 6.42 Å². The van der Waals surface area contributed by atoms with Crippen LogP contribution in [0.4, 0.5) is 5.69 Å². The molecule has 66 valence electrons. The third kappa shape index (κ3) is 1.72. The van der Waals surface area contributed by atoms with Crippen LogP contribution >= 0.6 is 12.4 Å². The predicted octanol–water partition coefficient (Wildman–Crippen LogP) is 2.86. The molecule has 0 fully saturated rings. The monoisotopic (exact) mass is 183 g/mol.